The van der Waals surface area contributed by atoms with Crippen LogP contribution in [0.25, 0.3) is 0 Å². The monoisotopic (exact) mass is 320 g/mol. The second-order valence-electron chi connectivity index (χ2n) is 3.90. The highest BCUT2D eigenvalue weighted by Gasteiger charge is 2.20. The summed E-state index contributed by atoms with van der Waals surface area (Å²) in [6.07, 6.45) is 6.69. The Morgan fingerprint density at radius 2 is 1.86 bits per heavy atom. The highest BCUT2D eigenvalue weighted by molar-refractivity contribution is 9.13. The van der Waals surface area contributed by atoms with Gasteiger partial charge >= 0.3 is 0 Å². The normalized spacial score (nSPS) is 18.8. The first-order chi connectivity index (χ1) is 6.70. The SMILES string of the molecule is Cc1nc(Br)c(Br)n1C1CCCCC1. The Bertz CT molecular complexity index is 327. The number of hydrogen-bond acceptors (Lipinski definition) is 1. The minimum atomic E-state index is 0.650. The van der Waals surface area contributed by atoms with E-state index in [0.29, 0.717) is 6.04 Å². The molecule has 0 radical (unpaired) electrons. The summed E-state index contributed by atoms with van der Waals surface area (Å²) >= 11 is 7.04. The van der Waals surface area contributed by atoms with Crippen LogP contribution in [-0.2, 0) is 0 Å². The maximum atomic E-state index is 4.42. The molecule has 0 aromatic carbocycles. The first-order valence-corrected chi connectivity index (χ1v) is 6.68. The lowest BCUT2D eigenvalue weighted by atomic mass is 9.95. The smallest absolute Gasteiger partial charge is 0.139 e. The molecule has 0 amide bonds. The lowest BCUT2D eigenvalue weighted by Crippen LogP contribution is -2.14. The van der Waals surface area contributed by atoms with Gasteiger partial charge in [-0.05, 0) is 51.6 Å². The maximum absolute atomic E-state index is 4.42. The second kappa shape index (κ2) is 4.35. The zero-order valence-electron chi connectivity index (χ0n) is 8.26. The molecule has 0 spiro atoms. The number of aromatic nitrogens is 2. The summed E-state index contributed by atoms with van der Waals surface area (Å²) in [6.45, 7) is 2.07. The maximum Gasteiger partial charge on any atom is 0.139 e. The molecule has 2 nitrogen and oxygen atoms in total. The van der Waals surface area contributed by atoms with Gasteiger partial charge in [0.15, 0.2) is 0 Å². The summed E-state index contributed by atoms with van der Waals surface area (Å²) in [5.41, 5.74) is 0. The molecule has 1 aromatic heterocycles. The Kier molecular flexibility index (Phi) is 3.32. The topological polar surface area (TPSA) is 17.8 Å². The number of hydrogen-bond donors (Lipinski definition) is 0. The Morgan fingerprint density at radius 1 is 1.21 bits per heavy atom. The fraction of sp³-hybridized carbons (Fsp3) is 0.700. The standard InChI is InChI=1S/C10H14Br2N2/c1-7-13-9(11)10(12)14(7)8-5-3-2-4-6-8/h8H,2-6H2,1H3. The molecule has 0 N–H and O–H groups in total. The van der Waals surface area contributed by atoms with E-state index < -0.39 is 0 Å². The van der Waals surface area contributed by atoms with Gasteiger partial charge in [0.05, 0.1) is 0 Å². The first-order valence-electron chi connectivity index (χ1n) is 5.10. The third-order valence-corrected chi connectivity index (χ3v) is 4.77. The molecular formula is C10H14Br2N2. The van der Waals surface area contributed by atoms with Crippen LogP contribution in [0, 0.1) is 6.92 Å². The van der Waals surface area contributed by atoms with Gasteiger partial charge in [-0.25, -0.2) is 4.98 Å². The van der Waals surface area contributed by atoms with Gasteiger partial charge in [0, 0.05) is 6.04 Å². The van der Waals surface area contributed by atoms with Crippen molar-refractivity contribution >= 4 is 31.9 Å². The lowest BCUT2D eigenvalue weighted by molar-refractivity contribution is 0.344. The minimum absolute atomic E-state index is 0.650. The van der Waals surface area contributed by atoms with E-state index in [0.717, 1.165) is 15.0 Å². The molecular weight excluding hydrogens is 308 g/mol. The average molecular weight is 322 g/mol. The van der Waals surface area contributed by atoms with Gasteiger partial charge in [-0.1, -0.05) is 19.3 Å². The Morgan fingerprint density at radius 3 is 2.36 bits per heavy atom. The first kappa shape index (κ1) is 10.7. The number of aryl methyl sites for hydroxylation is 1. The van der Waals surface area contributed by atoms with Gasteiger partial charge in [-0.15, -0.1) is 0 Å². The molecule has 0 bridgehead atoms. The van der Waals surface area contributed by atoms with Crippen LogP contribution in [0.2, 0.25) is 0 Å². The number of halogens is 2. The predicted octanol–water partition coefficient (Wildman–Crippen LogP) is 4.22. The van der Waals surface area contributed by atoms with E-state index in [1.807, 2.05) is 0 Å². The van der Waals surface area contributed by atoms with Crippen molar-refractivity contribution in [1.82, 2.24) is 9.55 Å². The van der Waals surface area contributed by atoms with E-state index in [1.165, 1.54) is 32.1 Å². The van der Waals surface area contributed by atoms with Crippen LogP contribution in [0.15, 0.2) is 9.21 Å². The highest BCUT2D eigenvalue weighted by atomic mass is 79.9. The van der Waals surface area contributed by atoms with E-state index in [1.54, 1.807) is 0 Å². The zero-order valence-corrected chi connectivity index (χ0v) is 11.4. The van der Waals surface area contributed by atoms with E-state index in [4.69, 9.17) is 0 Å². The van der Waals surface area contributed by atoms with Crippen molar-refractivity contribution in [3.63, 3.8) is 0 Å². The van der Waals surface area contributed by atoms with E-state index >= 15 is 0 Å². The van der Waals surface area contributed by atoms with Crippen LogP contribution in [0.1, 0.15) is 44.0 Å². The van der Waals surface area contributed by atoms with Crippen LogP contribution in [-0.4, -0.2) is 9.55 Å². The molecule has 1 aliphatic rings. The van der Waals surface area contributed by atoms with Gasteiger partial charge in [0.1, 0.15) is 15.0 Å². The lowest BCUT2D eigenvalue weighted by Gasteiger charge is -2.24. The third-order valence-electron chi connectivity index (χ3n) is 2.93. The largest absolute Gasteiger partial charge is 0.319 e. The average Bonchev–Trinajstić information content (AvgIpc) is 2.43. The minimum Gasteiger partial charge on any atom is -0.319 e. The van der Waals surface area contributed by atoms with Crippen LogP contribution in [0.5, 0.6) is 0 Å². The molecule has 1 saturated carbocycles. The number of rotatable bonds is 1. The van der Waals surface area contributed by atoms with E-state index in [9.17, 15) is 0 Å². The Labute approximate surface area is 101 Å². The molecule has 2 rings (SSSR count). The molecule has 0 aliphatic heterocycles. The third kappa shape index (κ3) is 1.91. The zero-order chi connectivity index (χ0) is 10.1. The summed E-state index contributed by atoms with van der Waals surface area (Å²) in [6, 6.07) is 0.650. The van der Waals surface area contributed by atoms with Crippen LogP contribution in [0.4, 0.5) is 0 Å². The summed E-state index contributed by atoms with van der Waals surface area (Å²) in [4.78, 5) is 4.42. The summed E-state index contributed by atoms with van der Waals surface area (Å²) in [5.74, 6) is 1.11. The quantitative estimate of drug-likeness (QED) is 0.757. The predicted molar refractivity (Wildman–Crippen MR) is 64.5 cm³/mol. The van der Waals surface area contributed by atoms with Gasteiger partial charge in [0.25, 0.3) is 0 Å². The fourth-order valence-corrected chi connectivity index (χ4v) is 3.33. The van der Waals surface area contributed by atoms with Crippen molar-refractivity contribution in [2.75, 3.05) is 0 Å². The van der Waals surface area contributed by atoms with Crippen molar-refractivity contribution < 1.29 is 0 Å². The molecule has 1 fully saturated rings. The van der Waals surface area contributed by atoms with Gasteiger partial charge in [-0.3, -0.25) is 0 Å². The van der Waals surface area contributed by atoms with Crippen molar-refractivity contribution in [3.8, 4) is 0 Å². The molecule has 1 aliphatic carbocycles. The molecule has 14 heavy (non-hydrogen) atoms. The summed E-state index contributed by atoms with van der Waals surface area (Å²) in [5, 5.41) is 0. The van der Waals surface area contributed by atoms with Crippen LogP contribution >= 0.6 is 31.9 Å². The molecule has 0 atom stereocenters. The van der Waals surface area contributed by atoms with Crippen LogP contribution in [0.3, 0.4) is 0 Å². The van der Waals surface area contributed by atoms with Gasteiger partial charge in [0.2, 0.25) is 0 Å². The Balaban J connectivity index is 2.29. The van der Waals surface area contributed by atoms with Crippen molar-refractivity contribution in [2.24, 2.45) is 0 Å². The molecule has 4 heteroatoms. The van der Waals surface area contributed by atoms with Crippen molar-refractivity contribution in [1.29, 1.82) is 0 Å². The molecule has 78 valence electrons. The van der Waals surface area contributed by atoms with Crippen molar-refractivity contribution in [3.05, 3.63) is 15.0 Å². The Hall–Kier alpha value is 0.170. The highest BCUT2D eigenvalue weighted by Crippen LogP contribution is 2.34. The summed E-state index contributed by atoms with van der Waals surface area (Å²) < 4.78 is 4.35. The number of nitrogens with zero attached hydrogens (tertiary/aromatic N) is 2. The van der Waals surface area contributed by atoms with E-state index in [2.05, 4.69) is 48.3 Å². The number of imidazole rings is 1. The van der Waals surface area contributed by atoms with Gasteiger partial charge in [-0.2, -0.15) is 0 Å². The molecule has 0 saturated heterocycles. The molecule has 0 unspecified atom stereocenters. The van der Waals surface area contributed by atoms with Crippen LogP contribution < -0.4 is 0 Å². The molecule has 1 aromatic rings. The summed E-state index contributed by atoms with van der Waals surface area (Å²) in [7, 11) is 0. The van der Waals surface area contributed by atoms with E-state index in [-0.39, 0.29) is 0 Å². The fourth-order valence-electron chi connectivity index (χ4n) is 2.25. The molecule has 1 heterocycles. The van der Waals surface area contributed by atoms with Gasteiger partial charge < -0.3 is 4.57 Å². The second-order valence-corrected chi connectivity index (χ2v) is 5.40. The van der Waals surface area contributed by atoms with Crippen molar-refractivity contribution in [2.45, 2.75) is 45.1 Å².